The highest BCUT2D eigenvalue weighted by Crippen LogP contribution is 2.10. The first-order valence-electron chi connectivity index (χ1n) is 7.49. The molecular formula is C16H23FN4O. The Hall–Kier alpha value is -2.13. The number of aliphatic imine (C=N–C) groups is 1. The SMILES string of the molecule is CCNC(=NCc1ccc(C#N)cc1F)NCCCOCC. The monoisotopic (exact) mass is 306 g/mol. The Kier molecular flexibility index (Phi) is 8.61. The summed E-state index contributed by atoms with van der Waals surface area (Å²) in [7, 11) is 0. The van der Waals surface area contributed by atoms with Crippen LogP contribution in [0.4, 0.5) is 4.39 Å². The Labute approximate surface area is 131 Å². The number of hydrogen-bond acceptors (Lipinski definition) is 3. The van der Waals surface area contributed by atoms with Gasteiger partial charge in [-0.25, -0.2) is 9.38 Å². The first-order valence-corrected chi connectivity index (χ1v) is 7.49. The number of halogens is 1. The zero-order valence-electron chi connectivity index (χ0n) is 13.2. The van der Waals surface area contributed by atoms with Gasteiger partial charge in [0.25, 0.3) is 0 Å². The summed E-state index contributed by atoms with van der Waals surface area (Å²) >= 11 is 0. The number of nitrogens with zero attached hydrogens (tertiary/aromatic N) is 2. The van der Waals surface area contributed by atoms with E-state index in [4.69, 9.17) is 10.00 Å². The Bertz CT molecular complexity index is 525. The van der Waals surface area contributed by atoms with Gasteiger partial charge in [0, 0.05) is 31.9 Å². The second-order valence-electron chi connectivity index (χ2n) is 4.59. The second kappa shape index (κ2) is 10.6. The van der Waals surface area contributed by atoms with Crippen molar-refractivity contribution in [1.82, 2.24) is 10.6 Å². The molecule has 120 valence electrons. The van der Waals surface area contributed by atoms with Gasteiger partial charge in [-0.15, -0.1) is 0 Å². The van der Waals surface area contributed by atoms with Gasteiger partial charge in [0.2, 0.25) is 0 Å². The van der Waals surface area contributed by atoms with E-state index in [0.717, 1.165) is 19.5 Å². The predicted octanol–water partition coefficient (Wildman–Crippen LogP) is 2.18. The minimum atomic E-state index is -0.407. The van der Waals surface area contributed by atoms with Crippen LogP contribution in [0.2, 0.25) is 0 Å². The quantitative estimate of drug-likeness (QED) is 0.439. The fourth-order valence-electron chi connectivity index (χ4n) is 1.78. The van der Waals surface area contributed by atoms with Crippen molar-refractivity contribution in [2.75, 3.05) is 26.3 Å². The lowest BCUT2D eigenvalue weighted by atomic mass is 10.1. The van der Waals surface area contributed by atoms with Gasteiger partial charge in [0.05, 0.1) is 18.2 Å². The van der Waals surface area contributed by atoms with Crippen LogP contribution in [0.1, 0.15) is 31.4 Å². The van der Waals surface area contributed by atoms with Crippen molar-refractivity contribution in [2.24, 2.45) is 4.99 Å². The molecule has 0 aliphatic rings. The fraction of sp³-hybridized carbons (Fsp3) is 0.500. The maximum absolute atomic E-state index is 13.8. The molecule has 0 heterocycles. The molecule has 22 heavy (non-hydrogen) atoms. The summed E-state index contributed by atoms with van der Waals surface area (Å²) in [5, 5.41) is 15.0. The van der Waals surface area contributed by atoms with Crippen LogP contribution in [0, 0.1) is 17.1 Å². The minimum Gasteiger partial charge on any atom is -0.382 e. The molecule has 6 heteroatoms. The molecule has 0 aliphatic carbocycles. The summed E-state index contributed by atoms with van der Waals surface area (Å²) in [5.74, 6) is 0.234. The third-order valence-corrected chi connectivity index (χ3v) is 2.90. The molecule has 0 aromatic heterocycles. The summed E-state index contributed by atoms with van der Waals surface area (Å²) in [6.07, 6.45) is 0.878. The molecule has 1 aromatic rings. The van der Waals surface area contributed by atoms with Crippen molar-refractivity contribution in [3.8, 4) is 6.07 Å². The molecule has 0 aliphatic heterocycles. The Morgan fingerprint density at radius 2 is 2.18 bits per heavy atom. The van der Waals surface area contributed by atoms with Crippen molar-refractivity contribution in [2.45, 2.75) is 26.8 Å². The van der Waals surface area contributed by atoms with Crippen molar-refractivity contribution in [3.05, 3.63) is 35.1 Å². The summed E-state index contributed by atoms with van der Waals surface area (Å²) in [5.41, 5.74) is 0.775. The third kappa shape index (κ3) is 6.55. The number of guanidine groups is 1. The molecule has 2 N–H and O–H groups in total. The van der Waals surface area contributed by atoms with E-state index in [0.29, 0.717) is 30.3 Å². The molecule has 0 atom stereocenters. The number of nitriles is 1. The van der Waals surface area contributed by atoms with E-state index in [1.54, 1.807) is 12.1 Å². The van der Waals surface area contributed by atoms with Crippen molar-refractivity contribution in [3.63, 3.8) is 0 Å². The zero-order chi connectivity index (χ0) is 16.2. The number of ether oxygens (including phenoxy) is 1. The molecule has 5 nitrogen and oxygen atoms in total. The van der Waals surface area contributed by atoms with Gasteiger partial charge in [-0.3, -0.25) is 0 Å². The Morgan fingerprint density at radius 3 is 2.82 bits per heavy atom. The molecule has 0 radical (unpaired) electrons. The Balaban J connectivity index is 2.56. The van der Waals surface area contributed by atoms with Gasteiger partial charge in [-0.05, 0) is 32.4 Å². The maximum atomic E-state index is 13.8. The molecule has 0 fully saturated rings. The molecule has 0 unspecified atom stereocenters. The highest BCUT2D eigenvalue weighted by molar-refractivity contribution is 5.79. The van der Waals surface area contributed by atoms with Crippen molar-refractivity contribution >= 4 is 5.96 Å². The van der Waals surface area contributed by atoms with E-state index < -0.39 is 5.82 Å². The van der Waals surface area contributed by atoms with Gasteiger partial charge < -0.3 is 15.4 Å². The van der Waals surface area contributed by atoms with Gasteiger partial charge in [-0.2, -0.15) is 5.26 Å². The number of benzene rings is 1. The van der Waals surface area contributed by atoms with E-state index in [-0.39, 0.29) is 6.54 Å². The van der Waals surface area contributed by atoms with E-state index in [9.17, 15) is 4.39 Å². The predicted molar refractivity (Wildman–Crippen MR) is 85.0 cm³/mol. The lowest BCUT2D eigenvalue weighted by molar-refractivity contribution is 0.145. The summed E-state index contributed by atoms with van der Waals surface area (Å²) in [6.45, 7) is 7.04. The molecule has 1 rings (SSSR count). The van der Waals surface area contributed by atoms with Gasteiger partial charge >= 0.3 is 0 Å². The average molecular weight is 306 g/mol. The van der Waals surface area contributed by atoms with Crippen LogP contribution in [0.25, 0.3) is 0 Å². The van der Waals surface area contributed by atoms with Gasteiger partial charge in [-0.1, -0.05) is 6.07 Å². The van der Waals surface area contributed by atoms with E-state index in [1.807, 2.05) is 19.9 Å². The first-order chi connectivity index (χ1) is 10.7. The first kappa shape index (κ1) is 17.9. The van der Waals surface area contributed by atoms with Crippen LogP contribution < -0.4 is 10.6 Å². The minimum absolute atomic E-state index is 0.221. The van der Waals surface area contributed by atoms with E-state index in [1.165, 1.54) is 6.07 Å². The molecule has 0 saturated carbocycles. The summed E-state index contributed by atoms with van der Waals surface area (Å²) in [6, 6.07) is 6.33. The molecule has 1 aromatic carbocycles. The fourth-order valence-corrected chi connectivity index (χ4v) is 1.78. The van der Waals surface area contributed by atoms with Crippen LogP contribution in [-0.4, -0.2) is 32.3 Å². The van der Waals surface area contributed by atoms with Crippen molar-refractivity contribution in [1.29, 1.82) is 5.26 Å². The third-order valence-electron chi connectivity index (χ3n) is 2.90. The molecule has 0 spiro atoms. The maximum Gasteiger partial charge on any atom is 0.191 e. The van der Waals surface area contributed by atoms with Gasteiger partial charge in [0.1, 0.15) is 5.82 Å². The summed E-state index contributed by atoms with van der Waals surface area (Å²) in [4.78, 5) is 4.35. The van der Waals surface area contributed by atoms with Crippen LogP contribution >= 0.6 is 0 Å². The van der Waals surface area contributed by atoms with Crippen LogP contribution in [0.5, 0.6) is 0 Å². The normalized spacial score (nSPS) is 11.1. The van der Waals surface area contributed by atoms with Crippen molar-refractivity contribution < 1.29 is 9.13 Å². The van der Waals surface area contributed by atoms with Crippen LogP contribution in [0.3, 0.4) is 0 Å². The molecule has 0 bridgehead atoms. The number of hydrogen-bond donors (Lipinski definition) is 2. The van der Waals surface area contributed by atoms with Crippen LogP contribution in [0.15, 0.2) is 23.2 Å². The lowest BCUT2D eigenvalue weighted by Crippen LogP contribution is -2.38. The smallest absolute Gasteiger partial charge is 0.191 e. The highest BCUT2D eigenvalue weighted by atomic mass is 19.1. The highest BCUT2D eigenvalue weighted by Gasteiger charge is 2.04. The standard InChI is InChI=1S/C16H23FN4O/c1-3-19-16(20-8-5-9-22-4-2)21-12-14-7-6-13(11-18)10-15(14)17/h6-7,10H,3-5,8-9,12H2,1-2H3,(H2,19,20,21). The average Bonchev–Trinajstić information content (AvgIpc) is 2.53. The lowest BCUT2D eigenvalue weighted by Gasteiger charge is -2.11. The van der Waals surface area contributed by atoms with E-state index >= 15 is 0 Å². The second-order valence-corrected chi connectivity index (χ2v) is 4.59. The zero-order valence-corrected chi connectivity index (χ0v) is 13.2. The molecule has 0 amide bonds. The van der Waals surface area contributed by atoms with E-state index in [2.05, 4.69) is 15.6 Å². The molecular weight excluding hydrogens is 283 g/mol. The van der Waals surface area contributed by atoms with Gasteiger partial charge in [0.15, 0.2) is 5.96 Å². The Morgan fingerprint density at radius 1 is 1.36 bits per heavy atom. The summed E-state index contributed by atoms with van der Waals surface area (Å²) < 4.78 is 19.1. The molecule has 0 saturated heterocycles. The van der Waals surface area contributed by atoms with Crippen LogP contribution in [-0.2, 0) is 11.3 Å². The number of nitrogens with one attached hydrogen (secondary N) is 2. The largest absolute Gasteiger partial charge is 0.382 e. The topological polar surface area (TPSA) is 69.4 Å². The number of rotatable bonds is 8.